The molecule has 266 valence electrons. The highest BCUT2D eigenvalue weighted by molar-refractivity contribution is 5.72. The standard InChI is InChI=1S/C34H66N2O9/c1-15-26-34(9,40)29(38)24(7)28(42-18-35(10)11)19(2)17-33(8,41-14)30(22(5)21(4)23(6)31(39)44-26)45-32-27(37)25(36(12)13)16-20(3)43-32/h19-30,32,37-38,40H,15-18H2,1-14H3. The van der Waals surface area contributed by atoms with E-state index in [9.17, 15) is 20.1 Å². The second kappa shape index (κ2) is 16.5. The number of carbonyl (C=O) groups excluding carboxylic acids is 1. The molecule has 15 unspecified atom stereocenters. The second-order valence-electron chi connectivity index (χ2n) is 15.0. The minimum atomic E-state index is -1.72. The number of carbonyl (C=O) groups is 1. The minimum absolute atomic E-state index is 0.136. The van der Waals surface area contributed by atoms with Crippen LogP contribution in [0, 0.1) is 29.6 Å². The first-order valence-electron chi connectivity index (χ1n) is 16.8. The lowest BCUT2D eigenvalue weighted by atomic mass is 9.71. The zero-order chi connectivity index (χ0) is 34.6. The van der Waals surface area contributed by atoms with E-state index in [4.69, 9.17) is 23.7 Å². The Kier molecular flexibility index (Phi) is 14.8. The summed E-state index contributed by atoms with van der Waals surface area (Å²) in [4.78, 5) is 17.5. The molecule has 0 aromatic rings. The molecule has 0 saturated carbocycles. The summed E-state index contributed by atoms with van der Waals surface area (Å²) in [6.07, 6.45) is -3.77. The van der Waals surface area contributed by atoms with Gasteiger partial charge in [-0.15, -0.1) is 0 Å². The van der Waals surface area contributed by atoms with Crippen LogP contribution in [0.25, 0.3) is 0 Å². The molecule has 11 heteroatoms. The lowest BCUT2D eigenvalue weighted by molar-refractivity contribution is -0.300. The van der Waals surface area contributed by atoms with Gasteiger partial charge in [-0.1, -0.05) is 41.5 Å². The Morgan fingerprint density at radius 1 is 0.978 bits per heavy atom. The van der Waals surface area contributed by atoms with Gasteiger partial charge in [-0.3, -0.25) is 9.69 Å². The summed E-state index contributed by atoms with van der Waals surface area (Å²) in [6.45, 7) is 17.4. The molecule has 2 fully saturated rings. The largest absolute Gasteiger partial charge is 0.459 e. The van der Waals surface area contributed by atoms with E-state index in [1.165, 1.54) is 6.92 Å². The van der Waals surface area contributed by atoms with Crippen LogP contribution in [-0.2, 0) is 28.5 Å². The molecule has 0 spiro atoms. The molecule has 15 atom stereocenters. The number of nitrogens with zero attached hydrogens (tertiary/aromatic N) is 2. The fourth-order valence-corrected chi connectivity index (χ4v) is 7.48. The Morgan fingerprint density at radius 3 is 2.09 bits per heavy atom. The van der Waals surface area contributed by atoms with Gasteiger partial charge in [-0.05, 0) is 86.0 Å². The van der Waals surface area contributed by atoms with Crippen LogP contribution in [-0.4, -0.2) is 133 Å². The van der Waals surface area contributed by atoms with Crippen LogP contribution in [0.1, 0.15) is 81.6 Å². The highest BCUT2D eigenvalue weighted by atomic mass is 16.7. The van der Waals surface area contributed by atoms with Crippen LogP contribution in [0.15, 0.2) is 0 Å². The van der Waals surface area contributed by atoms with Crippen LogP contribution in [0.2, 0.25) is 0 Å². The quantitative estimate of drug-likeness (QED) is 0.266. The normalized spacial score (nSPS) is 46.2. The molecule has 2 aliphatic rings. The lowest BCUT2D eigenvalue weighted by Gasteiger charge is -2.49. The van der Waals surface area contributed by atoms with Crippen LogP contribution >= 0.6 is 0 Å². The summed E-state index contributed by atoms with van der Waals surface area (Å²) < 4.78 is 31.7. The predicted molar refractivity (Wildman–Crippen MR) is 173 cm³/mol. The summed E-state index contributed by atoms with van der Waals surface area (Å²) in [5.41, 5.74) is -2.64. The van der Waals surface area contributed by atoms with Crippen LogP contribution in [0.5, 0.6) is 0 Å². The third-order valence-electron chi connectivity index (χ3n) is 10.8. The van der Waals surface area contributed by atoms with Gasteiger partial charge in [0.2, 0.25) is 0 Å². The third kappa shape index (κ3) is 9.38. The Labute approximate surface area is 272 Å². The van der Waals surface area contributed by atoms with Crippen molar-refractivity contribution in [3.63, 3.8) is 0 Å². The number of hydrogen-bond donors (Lipinski definition) is 3. The van der Waals surface area contributed by atoms with Crippen LogP contribution < -0.4 is 0 Å². The van der Waals surface area contributed by atoms with Gasteiger partial charge in [-0.2, -0.15) is 0 Å². The first kappa shape index (κ1) is 40.3. The molecule has 0 radical (unpaired) electrons. The molecule has 0 aromatic carbocycles. The van der Waals surface area contributed by atoms with E-state index in [1.807, 2.05) is 86.5 Å². The summed E-state index contributed by atoms with van der Waals surface area (Å²) in [6, 6.07) is -0.156. The van der Waals surface area contributed by atoms with Gasteiger partial charge in [-0.25, -0.2) is 0 Å². The highest BCUT2D eigenvalue weighted by Gasteiger charge is 2.51. The van der Waals surface area contributed by atoms with Crippen molar-refractivity contribution < 1.29 is 43.8 Å². The van der Waals surface area contributed by atoms with Crippen molar-refractivity contribution in [2.24, 2.45) is 29.6 Å². The highest BCUT2D eigenvalue weighted by Crippen LogP contribution is 2.42. The number of cyclic esters (lactones) is 1. The monoisotopic (exact) mass is 646 g/mol. The van der Waals surface area contributed by atoms with E-state index in [0.717, 1.165) is 0 Å². The van der Waals surface area contributed by atoms with Gasteiger partial charge < -0.3 is 43.9 Å². The Morgan fingerprint density at radius 2 is 1.58 bits per heavy atom. The molecule has 0 aliphatic carbocycles. The Balaban J connectivity index is 2.68. The van der Waals surface area contributed by atoms with Gasteiger partial charge in [0.05, 0.1) is 42.7 Å². The maximum atomic E-state index is 13.6. The average molecular weight is 647 g/mol. The molecule has 2 rings (SSSR count). The van der Waals surface area contributed by atoms with E-state index in [-0.39, 0.29) is 29.9 Å². The molecule has 11 nitrogen and oxygen atoms in total. The van der Waals surface area contributed by atoms with Gasteiger partial charge >= 0.3 is 5.97 Å². The first-order valence-corrected chi connectivity index (χ1v) is 16.8. The SMILES string of the molecule is CCC1OC(=O)C(C)C(C)C(C)C(OC2OC(C)CC(N(C)C)C2O)C(C)(OC)CC(C)C(OCN(C)C)C(C)C(O)C1(C)O. The number of aliphatic hydroxyl groups excluding tert-OH is 2. The molecule has 2 saturated heterocycles. The summed E-state index contributed by atoms with van der Waals surface area (Å²) >= 11 is 0. The molecule has 0 aromatic heterocycles. The van der Waals surface area contributed by atoms with Crippen LogP contribution in [0.4, 0.5) is 0 Å². The summed E-state index contributed by atoms with van der Waals surface area (Å²) in [7, 11) is 9.34. The van der Waals surface area contributed by atoms with Crippen molar-refractivity contribution in [1.29, 1.82) is 0 Å². The van der Waals surface area contributed by atoms with Crippen molar-refractivity contribution in [2.75, 3.05) is 42.0 Å². The van der Waals surface area contributed by atoms with Crippen molar-refractivity contribution in [3.05, 3.63) is 0 Å². The fraction of sp³-hybridized carbons (Fsp3) is 0.971. The molecule has 3 N–H and O–H groups in total. The molecular weight excluding hydrogens is 580 g/mol. The maximum Gasteiger partial charge on any atom is 0.309 e. The number of aliphatic hydroxyl groups is 3. The molecule has 0 amide bonds. The smallest absolute Gasteiger partial charge is 0.309 e. The molecule has 2 heterocycles. The third-order valence-corrected chi connectivity index (χ3v) is 10.8. The van der Waals surface area contributed by atoms with E-state index < -0.39 is 65.8 Å². The van der Waals surface area contributed by atoms with E-state index in [0.29, 0.717) is 26.0 Å². The zero-order valence-electron chi connectivity index (χ0n) is 30.5. The summed E-state index contributed by atoms with van der Waals surface area (Å²) in [5.74, 6) is -2.22. The molecule has 0 bridgehead atoms. The van der Waals surface area contributed by atoms with Crippen molar-refractivity contribution in [1.82, 2.24) is 9.80 Å². The molecular formula is C34H66N2O9. The maximum absolute atomic E-state index is 13.6. The number of likely N-dealkylation sites (N-methyl/N-ethyl adjacent to an activating group) is 1. The number of ether oxygens (including phenoxy) is 5. The van der Waals surface area contributed by atoms with E-state index >= 15 is 0 Å². The number of rotatable bonds is 8. The second-order valence-corrected chi connectivity index (χ2v) is 15.0. The zero-order valence-corrected chi connectivity index (χ0v) is 30.5. The van der Waals surface area contributed by atoms with E-state index in [1.54, 1.807) is 7.11 Å². The molecule has 45 heavy (non-hydrogen) atoms. The number of methoxy groups -OCH3 is 1. The number of esters is 1. The van der Waals surface area contributed by atoms with Gasteiger partial charge in [0.25, 0.3) is 0 Å². The Bertz CT molecular complexity index is 920. The topological polar surface area (TPSA) is 130 Å². The van der Waals surface area contributed by atoms with Gasteiger partial charge in [0.15, 0.2) is 6.29 Å². The van der Waals surface area contributed by atoms with Crippen LogP contribution in [0.3, 0.4) is 0 Å². The van der Waals surface area contributed by atoms with Crippen molar-refractivity contribution in [2.45, 2.75) is 142 Å². The first-order chi connectivity index (χ1) is 20.7. The number of hydrogen-bond acceptors (Lipinski definition) is 11. The van der Waals surface area contributed by atoms with Crippen molar-refractivity contribution >= 4 is 5.97 Å². The molecule has 2 aliphatic heterocycles. The van der Waals surface area contributed by atoms with Crippen molar-refractivity contribution in [3.8, 4) is 0 Å². The minimum Gasteiger partial charge on any atom is -0.459 e. The van der Waals surface area contributed by atoms with Gasteiger partial charge in [0.1, 0.15) is 17.8 Å². The predicted octanol–water partition coefficient (Wildman–Crippen LogP) is 3.12. The lowest BCUT2D eigenvalue weighted by Crippen LogP contribution is -2.60. The average Bonchev–Trinajstić information content (AvgIpc) is 2.97. The summed E-state index contributed by atoms with van der Waals surface area (Å²) in [5, 5.41) is 34.8. The van der Waals surface area contributed by atoms with E-state index in [2.05, 4.69) is 6.92 Å². The van der Waals surface area contributed by atoms with Gasteiger partial charge in [0, 0.05) is 19.1 Å². The fourth-order valence-electron chi connectivity index (χ4n) is 7.48. The Hall–Kier alpha value is -0.890.